The number of fused-ring (bicyclic) bond motifs is 1. The molecule has 0 saturated heterocycles. The van der Waals surface area contributed by atoms with Crippen LogP contribution in [0.25, 0.3) is 5.69 Å². The van der Waals surface area contributed by atoms with Gasteiger partial charge in [-0.15, -0.1) is 0 Å². The monoisotopic (exact) mass is 433 g/mol. The summed E-state index contributed by atoms with van der Waals surface area (Å²) in [7, 11) is -6.02. The molecule has 1 aliphatic heterocycles. The van der Waals surface area contributed by atoms with E-state index >= 15 is 0 Å². The maximum Gasteiger partial charge on any atom is 0.326 e. The number of nitrogens with one attached hydrogen (secondary N) is 1. The van der Waals surface area contributed by atoms with Gasteiger partial charge in [-0.1, -0.05) is 12.1 Å². The third-order valence-electron chi connectivity index (χ3n) is 4.64. The molecule has 1 N–H and O–H groups in total. The minimum absolute atomic E-state index is 0.0196. The van der Waals surface area contributed by atoms with Gasteiger partial charge < -0.3 is 0 Å². The van der Waals surface area contributed by atoms with Crippen molar-refractivity contribution in [3.8, 4) is 5.69 Å². The van der Waals surface area contributed by atoms with Crippen LogP contribution < -0.4 is 13.3 Å². The molecule has 0 radical (unpaired) electrons. The number of aromatic nitrogens is 2. The Kier molecular flexibility index (Phi) is 4.81. The Morgan fingerprint density at radius 2 is 1.69 bits per heavy atom. The zero-order chi connectivity index (χ0) is 20.6. The van der Waals surface area contributed by atoms with Crippen LogP contribution in [0.15, 0.2) is 71.9 Å². The first-order chi connectivity index (χ1) is 13.8. The maximum absolute atomic E-state index is 12.6. The zero-order valence-corrected chi connectivity index (χ0v) is 17.1. The molecule has 29 heavy (non-hydrogen) atoms. The number of hydrogen-bond donors (Lipinski definition) is 1. The molecule has 1 aliphatic rings. The standard InChI is InChI=1S/C18H19N5O4S2/c1-21-17-5-2-3-6-18(17)23(29(21,26)27)14-12-20-28(24,25)16-9-7-15(8-10-16)22-13-4-11-19-22/h2-11,13,20H,12,14H2,1H3. The van der Waals surface area contributed by atoms with Gasteiger partial charge in [0.2, 0.25) is 10.0 Å². The van der Waals surface area contributed by atoms with Crippen LogP contribution >= 0.6 is 0 Å². The van der Waals surface area contributed by atoms with Gasteiger partial charge in [0.15, 0.2) is 0 Å². The van der Waals surface area contributed by atoms with E-state index in [0.717, 1.165) is 5.69 Å². The van der Waals surface area contributed by atoms with Crippen molar-refractivity contribution in [2.75, 3.05) is 28.7 Å². The predicted octanol–water partition coefficient (Wildman–Crippen LogP) is 1.35. The molecule has 0 atom stereocenters. The van der Waals surface area contributed by atoms with Gasteiger partial charge in [0, 0.05) is 32.5 Å². The van der Waals surface area contributed by atoms with E-state index in [1.165, 1.54) is 27.8 Å². The van der Waals surface area contributed by atoms with Crippen molar-refractivity contribution in [3.63, 3.8) is 0 Å². The first-order valence-electron chi connectivity index (χ1n) is 8.76. The molecular weight excluding hydrogens is 414 g/mol. The van der Waals surface area contributed by atoms with Crippen LogP contribution in [-0.2, 0) is 20.2 Å². The van der Waals surface area contributed by atoms with E-state index in [-0.39, 0.29) is 18.0 Å². The van der Waals surface area contributed by atoms with E-state index in [2.05, 4.69) is 9.82 Å². The normalized spacial score (nSPS) is 15.5. The molecule has 0 fully saturated rings. The van der Waals surface area contributed by atoms with Gasteiger partial charge in [-0.3, -0.25) is 4.31 Å². The molecule has 0 bridgehead atoms. The highest BCUT2D eigenvalue weighted by Crippen LogP contribution is 2.39. The lowest BCUT2D eigenvalue weighted by atomic mass is 10.2. The summed E-state index contributed by atoms with van der Waals surface area (Å²) in [6, 6.07) is 14.9. The van der Waals surface area contributed by atoms with Gasteiger partial charge >= 0.3 is 10.2 Å². The fourth-order valence-electron chi connectivity index (χ4n) is 3.14. The van der Waals surface area contributed by atoms with Crippen molar-refractivity contribution < 1.29 is 16.8 Å². The fourth-order valence-corrected chi connectivity index (χ4v) is 5.58. The summed E-state index contributed by atoms with van der Waals surface area (Å²) in [6.45, 7) is -0.0844. The first kappa shape index (κ1) is 19.4. The summed E-state index contributed by atoms with van der Waals surface area (Å²) in [6.07, 6.45) is 3.39. The highest BCUT2D eigenvalue weighted by atomic mass is 32.2. The van der Waals surface area contributed by atoms with Crippen molar-refractivity contribution in [1.82, 2.24) is 14.5 Å². The second-order valence-corrected chi connectivity index (χ2v) is 10.0. The average molecular weight is 434 g/mol. The minimum Gasteiger partial charge on any atom is -0.254 e. The Morgan fingerprint density at radius 3 is 2.34 bits per heavy atom. The number of benzene rings is 2. The molecule has 0 saturated carbocycles. The molecule has 1 aromatic heterocycles. The summed E-state index contributed by atoms with van der Waals surface area (Å²) < 4.78 is 56.8. The van der Waals surface area contributed by atoms with Gasteiger partial charge in [-0.2, -0.15) is 13.5 Å². The van der Waals surface area contributed by atoms with Crippen LogP contribution in [0.3, 0.4) is 0 Å². The molecule has 2 heterocycles. The van der Waals surface area contributed by atoms with E-state index in [9.17, 15) is 16.8 Å². The molecule has 11 heteroatoms. The molecular formula is C18H19N5O4S2. The van der Waals surface area contributed by atoms with E-state index < -0.39 is 20.2 Å². The molecule has 9 nitrogen and oxygen atoms in total. The number of rotatable bonds is 6. The van der Waals surface area contributed by atoms with Gasteiger partial charge in [0.25, 0.3) is 0 Å². The lowest BCUT2D eigenvalue weighted by Gasteiger charge is -2.19. The number of para-hydroxylation sites is 2. The van der Waals surface area contributed by atoms with E-state index in [0.29, 0.717) is 11.4 Å². The highest BCUT2D eigenvalue weighted by Gasteiger charge is 2.37. The molecule has 152 valence electrons. The molecule has 3 aromatic rings. The summed E-state index contributed by atoms with van der Waals surface area (Å²) in [4.78, 5) is 0.0928. The van der Waals surface area contributed by atoms with E-state index in [1.54, 1.807) is 59.5 Å². The third kappa shape index (κ3) is 3.48. The van der Waals surface area contributed by atoms with Crippen molar-refractivity contribution in [1.29, 1.82) is 0 Å². The summed E-state index contributed by atoms with van der Waals surface area (Å²) >= 11 is 0. The van der Waals surface area contributed by atoms with Crippen LogP contribution in [-0.4, -0.2) is 46.8 Å². The van der Waals surface area contributed by atoms with Crippen LogP contribution in [0.4, 0.5) is 11.4 Å². The van der Waals surface area contributed by atoms with Crippen LogP contribution in [0, 0.1) is 0 Å². The molecule has 0 unspecified atom stereocenters. The van der Waals surface area contributed by atoms with Gasteiger partial charge in [0.05, 0.1) is 22.0 Å². The molecule has 4 rings (SSSR count). The van der Waals surface area contributed by atoms with Crippen molar-refractivity contribution in [2.45, 2.75) is 4.90 Å². The minimum atomic E-state index is -3.78. The number of sulfonamides is 1. The number of nitrogens with zero attached hydrogens (tertiary/aromatic N) is 4. The predicted molar refractivity (Wildman–Crippen MR) is 110 cm³/mol. The van der Waals surface area contributed by atoms with Gasteiger partial charge in [-0.05, 0) is 42.5 Å². The van der Waals surface area contributed by atoms with Crippen molar-refractivity contribution in [2.24, 2.45) is 0 Å². The Hall–Kier alpha value is -2.89. The van der Waals surface area contributed by atoms with E-state index in [4.69, 9.17) is 0 Å². The van der Waals surface area contributed by atoms with Crippen molar-refractivity contribution >= 4 is 31.6 Å². The van der Waals surface area contributed by atoms with E-state index in [1.807, 2.05) is 0 Å². The second kappa shape index (κ2) is 7.17. The SMILES string of the molecule is CN1c2ccccc2N(CCNS(=O)(=O)c2ccc(-n3cccn3)cc2)S1(=O)=O. The summed E-state index contributed by atoms with van der Waals surface area (Å²) in [5, 5.41) is 4.10. The average Bonchev–Trinajstić information content (AvgIpc) is 3.31. The second-order valence-electron chi connectivity index (χ2n) is 6.38. The summed E-state index contributed by atoms with van der Waals surface area (Å²) in [5.74, 6) is 0. The molecule has 0 spiro atoms. The van der Waals surface area contributed by atoms with Crippen molar-refractivity contribution in [3.05, 3.63) is 67.0 Å². The fraction of sp³-hybridized carbons (Fsp3) is 0.167. The molecule has 0 amide bonds. The molecule has 2 aromatic carbocycles. The zero-order valence-electron chi connectivity index (χ0n) is 15.5. The third-order valence-corrected chi connectivity index (χ3v) is 7.94. The lowest BCUT2D eigenvalue weighted by Crippen LogP contribution is -2.40. The topological polar surface area (TPSA) is 105 Å². The van der Waals surface area contributed by atoms with Crippen LogP contribution in [0.1, 0.15) is 0 Å². The first-order valence-corrected chi connectivity index (χ1v) is 11.6. The quantitative estimate of drug-likeness (QED) is 0.632. The Bertz CT molecular complexity index is 1220. The number of anilines is 2. The molecule has 0 aliphatic carbocycles. The van der Waals surface area contributed by atoms with Crippen LogP contribution in [0.5, 0.6) is 0 Å². The maximum atomic E-state index is 12.6. The Labute approximate surface area is 169 Å². The van der Waals surface area contributed by atoms with Gasteiger partial charge in [-0.25, -0.2) is 22.1 Å². The number of hydrogen-bond acceptors (Lipinski definition) is 5. The smallest absolute Gasteiger partial charge is 0.254 e. The lowest BCUT2D eigenvalue weighted by molar-refractivity contribution is 0.577. The Balaban J connectivity index is 1.46. The largest absolute Gasteiger partial charge is 0.326 e. The summed E-state index contributed by atoms with van der Waals surface area (Å²) in [5.41, 5.74) is 1.82. The van der Waals surface area contributed by atoms with Crippen LogP contribution in [0.2, 0.25) is 0 Å². The van der Waals surface area contributed by atoms with Gasteiger partial charge in [0.1, 0.15) is 0 Å². The highest BCUT2D eigenvalue weighted by molar-refractivity contribution is 7.94. The Morgan fingerprint density at radius 1 is 1.00 bits per heavy atom.